The molecule has 0 bridgehead atoms. The summed E-state index contributed by atoms with van der Waals surface area (Å²) >= 11 is 0. The van der Waals surface area contributed by atoms with Crippen LogP contribution in [-0.4, -0.2) is 63.0 Å². The van der Waals surface area contributed by atoms with Gasteiger partial charge in [0.05, 0.1) is 29.8 Å². The van der Waals surface area contributed by atoms with Crippen LogP contribution in [0.1, 0.15) is 66.6 Å². The van der Waals surface area contributed by atoms with E-state index in [-0.39, 0.29) is 24.1 Å². The number of carbonyl (C=O) groups is 1. The summed E-state index contributed by atoms with van der Waals surface area (Å²) in [5.41, 5.74) is 6.40. The van der Waals surface area contributed by atoms with Crippen molar-refractivity contribution in [1.82, 2.24) is 24.3 Å². The van der Waals surface area contributed by atoms with Crippen molar-refractivity contribution in [2.45, 2.75) is 77.5 Å². The molecule has 4 aromatic rings. The van der Waals surface area contributed by atoms with E-state index in [1.807, 2.05) is 62.7 Å². The van der Waals surface area contributed by atoms with Gasteiger partial charge >= 0.3 is 5.97 Å². The minimum absolute atomic E-state index is 0.118. The van der Waals surface area contributed by atoms with Gasteiger partial charge in [0.1, 0.15) is 10.4 Å². The van der Waals surface area contributed by atoms with Crippen molar-refractivity contribution in [3.05, 3.63) is 82.2 Å². The number of ether oxygens (including phenoxy) is 1. The number of aryl methyl sites for hydroxylation is 3. The molecule has 43 heavy (non-hydrogen) atoms. The van der Waals surface area contributed by atoms with Gasteiger partial charge in [0.15, 0.2) is 0 Å². The summed E-state index contributed by atoms with van der Waals surface area (Å²) in [7, 11) is -3.89. The number of rotatable bonds is 8. The number of aromatic nitrogens is 4. The second-order valence-corrected chi connectivity index (χ2v) is 13.1. The fraction of sp³-hybridized carbons (Fsp3) is 0.438. The predicted molar refractivity (Wildman–Crippen MR) is 163 cm³/mol. The first-order chi connectivity index (χ1) is 20.6. The van der Waals surface area contributed by atoms with Gasteiger partial charge in [-0.15, -0.1) is 5.10 Å². The molecule has 2 aromatic carbocycles. The normalized spacial score (nSPS) is 18.8. The molecule has 228 valence electrons. The van der Waals surface area contributed by atoms with Crippen LogP contribution in [-0.2, 0) is 39.1 Å². The van der Waals surface area contributed by atoms with Crippen LogP contribution in [0.3, 0.4) is 0 Å². The van der Waals surface area contributed by atoms with Crippen molar-refractivity contribution in [2.75, 3.05) is 13.2 Å². The largest absolute Gasteiger partial charge is 0.481 e. The van der Waals surface area contributed by atoms with Gasteiger partial charge in [-0.3, -0.25) is 9.78 Å². The molecule has 5 rings (SSSR count). The lowest BCUT2D eigenvalue weighted by atomic mass is 9.79. The molecule has 3 heterocycles. The Kier molecular flexibility index (Phi) is 8.96. The first-order valence-corrected chi connectivity index (χ1v) is 16.2. The van der Waals surface area contributed by atoms with E-state index in [1.165, 1.54) is 4.31 Å². The topological polar surface area (TPSA) is 128 Å². The molecule has 1 aliphatic rings. The van der Waals surface area contributed by atoms with Crippen LogP contribution in [0.5, 0.6) is 0 Å². The lowest BCUT2D eigenvalue weighted by Gasteiger charge is -2.28. The summed E-state index contributed by atoms with van der Waals surface area (Å²) in [5.74, 6) is -2.16. The number of hydrogen-bond acceptors (Lipinski definition) is 7. The molecule has 0 radical (unpaired) electrons. The Morgan fingerprint density at radius 1 is 1.16 bits per heavy atom. The van der Waals surface area contributed by atoms with E-state index in [1.54, 1.807) is 25.3 Å². The molecule has 11 heteroatoms. The van der Waals surface area contributed by atoms with Crippen LogP contribution in [0.15, 0.2) is 53.6 Å². The average molecular weight is 606 g/mol. The van der Waals surface area contributed by atoms with Crippen molar-refractivity contribution < 1.29 is 23.1 Å². The van der Waals surface area contributed by atoms with Crippen LogP contribution in [0.4, 0.5) is 0 Å². The molecule has 1 aliphatic heterocycles. The quantitative estimate of drug-likeness (QED) is 0.302. The number of hydrogen-bond donors (Lipinski definition) is 1. The fourth-order valence-electron chi connectivity index (χ4n) is 5.96. The Morgan fingerprint density at radius 2 is 1.95 bits per heavy atom. The third-order valence-electron chi connectivity index (χ3n) is 8.61. The lowest BCUT2D eigenvalue weighted by molar-refractivity contribution is -0.141. The highest BCUT2D eigenvalue weighted by atomic mass is 32.2. The Morgan fingerprint density at radius 3 is 2.67 bits per heavy atom. The van der Waals surface area contributed by atoms with E-state index in [9.17, 15) is 18.3 Å². The highest BCUT2D eigenvalue weighted by Gasteiger charge is 2.33. The molecule has 0 unspecified atom stereocenters. The van der Waals surface area contributed by atoms with Crippen molar-refractivity contribution in [3.8, 4) is 0 Å². The van der Waals surface area contributed by atoms with Crippen LogP contribution in [0.2, 0.25) is 0 Å². The zero-order valence-corrected chi connectivity index (χ0v) is 26.1. The minimum Gasteiger partial charge on any atom is -0.481 e. The van der Waals surface area contributed by atoms with E-state index >= 15 is 0 Å². The molecule has 0 saturated heterocycles. The summed E-state index contributed by atoms with van der Waals surface area (Å²) in [6.45, 7) is 11.0. The van der Waals surface area contributed by atoms with E-state index in [0.717, 1.165) is 38.9 Å². The zero-order valence-electron chi connectivity index (χ0n) is 25.3. The highest BCUT2D eigenvalue weighted by Crippen LogP contribution is 2.37. The van der Waals surface area contributed by atoms with Gasteiger partial charge in [-0.25, -0.2) is 13.1 Å². The third-order valence-corrected chi connectivity index (χ3v) is 10.5. The van der Waals surface area contributed by atoms with E-state index in [4.69, 9.17) is 4.74 Å². The fourth-order valence-corrected chi connectivity index (χ4v) is 7.61. The molecule has 10 nitrogen and oxygen atoms in total. The molecular weight excluding hydrogens is 566 g/mol. The maximum absolute atomic E-state index is 14.1. The Bertz CT molecular complexity index is 1750. The first-order valence-electron chi connectivity index (χ1n) is 14.8. The summed E-state index contributed by atoms with van der Waals surface area (Å²) in [6, 6.07) is 13.0. The number of benzene rings is 2. The van der Waals surface area contributed by atoms with Gasteiger partial charge in [0, 0.05) is 38.2 Å². The molecule has 0 fully saturated rings. The number of nitrogens with zero attached hydrogens (tertiary/aromatic N) is 5. The average Bonchev–Trinajstić information content (AvgIpc) is 3.43. The molecule has 0 saturated carbocycles. The Balaban J connectivity index is 1.60. The smallest absolute Gasteiger partial charge is 0.307 e. The SMILES string of the molecule is CC[C@@H]1CN(Cc2cc([C@@H](c3ccc4c(nnn4CC)c3C)[C@@H](C)C(=O)O)ccc2C)S(=O)(=O)c2cccnc2CCO1. The van der Waals surface area contributed by atoms with Gasteiger partial charge in [-0.2, -0.15) is 4.31 Å². The van der Waals surface area contributed by atoms with E-state index in [2.05, 4.69) is 15.3 Å². The van der Waals surface area contributed by atoms with Gasteiger partial charge < -0.3 is 9.84 Å². The molecular formula is C32H39N5O5S. The van der Waals surface area contributed by atoms with Gasteiger partial charge in [0.25, 0.3) is 0 Å². The zero-order chi connectivity index (χ0) is 30.9. The molecule has 3 atom stereocenters. The van der Waals surface area contributed by atoms with Crippen molar-refractivity contribution in [2.24, 2.45) is 5.92 Å². The first kappa shape index (κ1) is 30.8. The predicted octanol–water partition coefficient (Wildman–Crippen LogP) is 4.86. The summed E-state index contributed by atoms with van der Waals surface area (Å²) in [6.07, 6.45) is 2.42. The number of carboxylic acid groups (broad SMARTS) is 1. The standard InChI is InChI=1S/C32H39N5O5S/c1-6-25-19-36(43(40,41)29-9-8-15-33-27(29)14-16-42-25)18-24-17-23(11-10-20(24)3)30(22(5)32(38)39)26-12-13-28-31(21(26)4)34-35-37(28)7-2/h8-13,15,17,22,25,30H,6-7,14,16,18-19H2,1-5H3,(H,38,39)/t22-,25-,30+/m1/s1. The van der Waals surface area contributed by atoms with Crippen molar-refractivity contribution in [1.29, 1.82) is 0 Å². The van der Waals surface area contributed by atoms with Crippen LogP contribution < -0.4 is 0 Å². The molecule has 0 amide bonds. The Hall–Kier alpha value is -3.67. The van der Waals surface area contributed by atoms with Gasteiger partial charge in [0.2, 0.25) is 10.0 Å². The summed E-state index contributed by atoms with van der Waals surface area (Å²) in [4.78, 5) is 17.0. The molecule has 2 aromatic heterocycles. The number of carboxylic acids is 1. The highest BCUT2D eigenvalue weighted by molar-refractivity contribution is 7.89. The van der Waals surface area contributed by atoms with Crippen LogP contribution in [0.25, 0.3) is 11.0 Å². The summed E-state index contributed by atoms with van der Waals surface area (Å²) < 4.78 is 37.5. The molecule has 0 aliphatic carbocycles. The Labute approximate surface area is 252 Å². The molecule has 0 spiro atoms. The van der Waals surface area contributed by atoms with E-state index < -0.39 is 27.8 Å². The van der Waals surface area contributed by atoms with Gasteiger partial charge in [-0.05, 0) is 73.2 Å². The molecule has 1 N–H and O–H groups in total. The second kappa shape index (κ2) is 12.5. The number of pyridine rings is 1. The van der Waals surface area contributed by atoms with Gasteiger partial charge in [-0.1, -0.05) is 43.3 Å². The third kappa shape index (κ3) is 5.93. The van der Waals surface area contributed by atoms with E-state index in [0.29, 0.717) is 31.7 Å². The summed E-state index contributed by atoms with van der Waals surface area (Å²) in [5, 5.41) is 18.8. The lowest BCUT2D eigenvalue weighted by Crippen LogP contribution is -2.38. The number of aliphatic carboxylic acids is 1. The second-order valence-electron chi connectivity index (χ2n) is 11.2. The monoisotopic (exact) mass is 605 g/mol. The minimum atomic E-state index is -3.89. The van der Waals surface area contributed by atoms with Crippen LogP contribution >= 0.6 is 0 Å². The maximum Gasteiger partial charge on any atom is 0.307 e. The number of fused-ring (bicyclic) bond motifs is 2. The van der Waals surface area contributed by atoms with Crippen molar-refractivity contribution >= 4 is 27.0 Å². The van der Waals surface area contributed by atoms with Crippen molar-refractivity contribution in [3.63, 3.8) is 0 Å². The van der Waals surface area contributed by atoms with Crippen LogP contribution in [0, 0.1) is 19.8 Å². The maximum atomic E-state index is 14.1. The number of sulfonamides is 1.